The molecule has 11 heteroatoms. The monoisotopic (exact) mass is 574 g/mol. The average Bonchev–Trinajstić information content (AvgIpc) is 2.99. The highest BCUT2D eigenvalue weighted by Crippen LogP contribution is 2.35. The highest BCUT2D eigenvalue weighted by Gasteiger charge is 2.18. The number of carbonyl (C=O) groups is 1. The fourth-order valence-corrected chi connectivity index (χ4v) is 5.14. The van der Waals surface area contributed by atoms with Crippen LogP contribution in [0, 0.1) is 5.41 Å². The Kier molecular flexibility index (Phi) is 9.23. The van der Waals surface area contributed by atoms with E-state index in [-0.39, 0.29) is 29.4 Å². The molecular formula is C30H30N4O6S. The molecule has 0 heterocycles. The molecule has 4 rings (SSSR count). The van der Waals surface area contributed by atoms with Gasteiger partial charge >= 0.3 is 5.97 Å². The summed E-state index contributed by atoms with van der Waals surface area (Å²) in [5.74, 6) is -0.241. The van der Waals surface area contributed by atoms with E-state index in [1.54, 1.807) is 43.5 Å². The summed E-state index contributed by atoms with van der Waals surface area (Å²) in [6.07, 6.45) is 0. The Morgan fingerprint density at radius 3 is 2.27 bits per heavy atom. The highest BCUT2D eigenvalue weighted by atomic mass is 32.2. The number of hydrogen-bond donors (Lipinski definition) is 4. The Labute approximate surface area is 238 Å². The average molecular weight is 575 g/mol. The Morgan fingerprint density at radius 1 is 0.902 bits per heavy atom. The van der Waals surface area contributed by atoms with E-state index in [0.29, 0.717) is 29.4 Å². The van der Waals surface area contributed by atoms with Crippen molar-refractivity contribution >= 4 is 33.2 Å². The zero-order valence-electron chi connectivity index (χ0n) is 22.3. The van der Waals surface area contributed by atoms with Gasteiger partial charge in [0.1, 0.15) is 12.4 Å². The first-order valence-electron chi connectivity index (χ1n) is 12.6. The molecule has 0 saturated carbocycles. The van der Waals surface area contributed by atoms with E-state index in [1.165, 1.54) is 18.2 Å². The first-order chi connectivity index (χ1) is 19.7. The number of aromatic carboxylic acids is 1. The third-order valence-electron chi connectivity index (χ3n) is 6.20. The van der Waals surface area contributed by atoms with Crippen molar-refractivity contribution in [2.75, 3.05) is 25.1 Å². The van der Waals surface area contributed by atoms with Gasteiger partial charge in [0.05, 0.1) is 17.6 Å². The Hall–Kier alpha value is -4.87. The van der Waals surface area contributed by atoms with Crippen LogP contribution in [0.25, 0.3) is 0 Å². The van der Waals surface area contributed by atoms with Crippen LogP contribution in [0.3, 0.4) is 0 Å². The quantitative estimate of drug-likeness (QED) is 0.136. The smallest absolute Gasteiger partial charge is 0.335 e. The molecule has 212 valence electrons. The number of carboxylic acids is 1. The summed E-state index contributed by atoms with van der Waals surface area (Å²) in [5.41, 5.74) is 8.48. The van der Waals surface area contributed by atoms with Gasteiger partial charge in [0, 0.05) is 36.1 Å². The maximum atomic E-state index is 12.9. The second kappa shape index (κ2) is 13.0. The molecule has 0 aliphatic rings. The predicted octanol–water partition coefficient (Wildman–Crippen LogP) is 4.37. The van der Waals surface area contributed by atoms with Crippen molar-refractivity contribution < 1.29 is 27.8 Å². The van der Waals surface area contributed by atoms with Gasteiger partial charge in [-0.1, -0.05) is 36.4 Å². The summed E-state index contributed by atoms with van der Waals surface area (Å²) >= 11 is 0. The second-order valence-corrected chi connectivity index (χ2v) is 10.7. The number of methoxy groups -OCH3 is 1. The number of nitrogens with two attached hydrogens (primary N) is 1. The molecule has 4 aromatic carbocycles. The number of sulfonamides is 1. The van der Waals surface area contributed by atoms with E-state index in [9.17, 15) is 18.3 Å². The van der Waals surface area contributed by atoms with Gasteiger partial charge in [-0.15, -0.1) is 0 Å². The lowest BCUT2D eigenvalue weighted by Gasteiger charge is -2.26. The molecule has 0 fully saturated rings. The van der Waals surface area contributed by atoms with Gasteiger partial charge in [-0.2, -0.15) is 0 Å². The second-order valence-electron chi connectivity index (χ2n) is 8.95. The Balaban J connectivity index is 1.58. The lowest BCUT2D eigenvalue weighted by atomic mass is 10.1. The van der Waals surface area contributed by atoms with Crippen LogP contribution in [0.1, 0.15) is 21.5 Å². The molecular weight excluding hydrogens is 544 g/mol. The summed E-state index contributed by atoms with van der Waals surface area (Å²) in [4.78, 5) is 13.0. The van der Waals surface area contributed by atoms with E-state index >= 15 is 0 Å². The molecule has 0 amide bonds. The van der Waals surface area contributed by atoms with Gasteiger partial charge in [0.15, 0.2) is 11.5 Å². The first-order valence-corrected chi connectivity index (χ1v) is 14.1. The number of nitrogen functional groups attached to an aromatic ring is 1. The number of carboxylic acid groups (broad SMARTS) is 1. The SMILES string of the molecule is COc1cc(N(CCNS(=O)(=O)c2cccc(C(=O)O)c2)c2ccc(C(=N)N)cc2)ccc1OCc1ccccc1. The molecule has 4 aromatic rings. The lowest BCUT2D eigenvalue weighted by molar-refractivity contribution is 0.0696. The highest BCUT2D eigenvalue weighted by molar-refractivity contribution is 7.89. The topological polar surface area (TPSA) is 155 Å². The van der Waals surface area contributed by atoms with Crippen LogP contribution in [0.4, 0.5) is 11.4 Å². The van der Waals surface area contributed by atoms with Gasteiger partial charge in [0.25, 0.3) is 0 Å². The van der Waals surface area contributed by atoms with Gasteiger partial charge in [0.2, 0.25) is 10.0 Å². The zero-order valence-corrected chi connectivity index (χ0v) is 23.1. The van der Waals surface area contributed by atoms with Crippen molar-refractivity contribution in [1.29, 1.82) is 5.41 Å². The Morgan fingerprint density at radius 2 is 1.61 bits per heavy atom. The predicted molar refractivity (Wildman–Crippen MR) is 157 cm³/mol. The number of anilines is 2. The number of ether oxygens (including phenoxy) is 2. The fourth-order valence-electron chi connectivity index (χ4n) is 4.08. The van der Waals surface area contributed by atoms with Gasteiger partial charge in [-0.3, -0.25) is 5.41 Å². The van der Waals surface area contributed by atoms with E-state index in [2.05, 4.69) is 4.72 Å². The van der Waals surface area contributed by atoms with Gasteiger partial charge < -0.3 is 25.2 Å². The standard InChI is InChI=1S/C30H30N4O6S/c1-39-28-19-25(14-15-27(28)40-20-21-6-3-2-4-7-21)34(24-12-10-22(11-13-24)29(31)32)17-16-33-41(37,38)26-9-5-8-23(18-26)30(35)36/h2-15,18-19,33H,16-17,20H2,1H3,(H3,31,32)(H,35,36). The third-order valence-corrected chi connectivity index (χ3v) is 7.66. The zero-order chi connectivity index (χ0) is 29.4. The van der Waals surface area contributed by atoms with Crippen LogP contribution in [-0.2, 0) is 16.6 Å². The fraction of sp³-hybridized carbons (Fsp3) is 0.133. The van der Waals surface area contributed by atoms with Crippen LogP contribution in [-0.4, -0.2) is 45.5 Å². The lowest BCUT2D eigenvalue weighted by Crippen LogP contribution is -2.33. The van der Waals surface area contributed by atoms with Crippen LogP contribution < -0.4 is 24.8 Å². The number of nitrogens with one attached hydrogen (secondary N) is 2. The van der Waals surface area contributed by atoms with Crippen molar-refractivity contribution in [1.82, 2.24) is 4.72 Å². The largest absolute Gasteiger partial charge is 0.493 e. The molecule has 0 unspecified atom stereocenters. The van der Waals surface area contributed by atoms with E-state index < -0.39 is 16.0 Å². The molecule has 0 aliphatic carbocycles. The summed E-state index contributed by atoms with van der Waals surface area (Å²) < 4.78 is 40.0. The number of hydrogen-bond acceptors (Lipinski definition) is 7. The van der Waals surface area contributed by atoms with Crippen molar-refractivity contribution in [3.8, 4) is 11.5 Å². The van der Waals surface area contributed by atoms with Crippen LogP contribution in [0.15, 0.2) is 102 Å². The summed E-state index contributed by atoms with van der Waals surface area (Å²) in [6.45, 7) is 0.574. The van der Waals surface area contributed by atoms with Crippen molar-refractivity contribution in [2.24, 2.45) is 5.73 Å². The third kappa shape index (κ3) is 7.41. The van der Waals surface area contributed by atoms with E-state index in [0.717, 1.165) is 17.3 Å². The van der Waals surface area contributed by atoms with Crippen LogP contribution in [0.5, 0.6) is 11.5 Å². The molecule has 0 atom stereocenters. The molecule has 0 radical (unpaired) electrons. The maximum Gasteiger partial charge on any atom is 0.335 e. The minimum Gasteiger partial charge on any atom is -0.493 e. The molecule has 0 aromatic heterocycles. The summed E-state index contributed by atoms with van der Waals surface area (Å²) in [6, 6.07) is 27.3. The van der Waals surface area contributed by atoms with Crippen molar-refractivity contribution in [3.05, 3.63) is 114 Å². The first kappa shape index (κ1) is 29.1. The number of amidine groups is 1. The number of benzene rings is 4. The number of nitrogens with zero attached hydrogens (tertiary/aromatic N) is 1. The van der Waals surface area contributed by atoms with E-state index in [4.69, 9.17) is 20.6 Å². The molecule has 0 saturated heterocycles. The van der Waals surface area contributed by atoms with Gasteiger partial charge in [-0.25, -0.2) is 17.9 Å². The molecule has 5 N–H and O–H groups in total. The van der Waals surface area contributed by atoms with Crippen LogP contribution >= 0.6 is 0 Å². The van der Waals surface area contributed by atoms with Crippen LogP contribution in [0.2, 0.25) is 0 Å². The van der Waals surface area contributed by atoms with Crippen molar-refractivity contribution in [3.63, 3.8) is 0 Å². The minimum absolute atomic E-state index is 0.00265. The van der Waals surface area contributed by atoms with Crippen molar-refractivity contribution in [2.45, 2.75) is 11.5 Å². The summed E-state index contributed by atoms with van der Waals surface area (Å²) in [7, 11) is -2.44. The molecule has 0 bridgehead atoms. The number of rotatable bonds is 13. The molecule has 0 spiro atoms. The minimum atomic E-state index is -3.98. The maximum absolute atomic E-state index is 12.9. The molecule has 41 heavy (non-hydrogen) atoms. The normalized spacial score (nSPS) is 11.0. The Bertz CT molecular complexity index is 1630. The summed E-state index contributed by atoms with van der Waals surface area (Å²) in [5, 5.41) is 16.9. The van der Waals surface area contributed by atoms with E-state index in [1.807, 2.05) is 41.3 Å². The van der Waals surface area contributed by atoms with Gasteiger partial charge in [-0.05, 0) is 60.2 Å². The molecule has 10 nitrogen and oxygen atoms in total. The molecule has 0 aliphatic heterocycles.